The lowest BCUT2D eigenvalue weighted by atomic mass is 10.1. The van der Waals surface area contributed by atoms with Crippen LogP contribution >= 0.6 is 11.8 Å². The van der Waals surface area contributed by atoms with Gasteiger partial charge in [-0.3, -0.25) is 4.79 Å². The maximum absolute atomic E-state index is 14.2. The zero-order chi connectivity index (χ0) is 21.8. The van der Waals surface area contributed by atoms with Crippen LogP contribution in [0.1, 0.15) is 16.4 Å². The van der Waals surface area contributed by atoms with Gasteiger partial charge in [0.15, 0.2) is 11.0 Å². The van der Waals surface area contributed by atoms with Crippen molar-refractivity contribution >= 4 is 23.4 Å². The molecule has 156 valence electrons. The molecule has 1 N–H and O–H groups in total. The average molecular weight is 433 g/mol. The Balaban J connectivity index is 1.64. The summed E-state index contributed by atoms with van der Waals surface area (Å²) in [6.45, 7) is 2.00. The minimum Gasteiger partial charge on any atom is -0.325 e. The Bertz CT molecular complexity index is 1190. The molecule has 4 aromatic rings. The van der Waals surface area contributed by atoms with Gasteiger partial charge >= 0.3 is 0 Å². The summed E-state index contributed by atoms with van der Waals surface area (Å²) in [7, 11) is 1.77. The fourth-order valence-electron chi connectivity index (χ4n) is 3.15. The molecule has 0 aliphatic carbocycles. The first kappa shape index (κ1) is 20.8. The van der Waals surface area contributed by atoms with Crippen LogP contribution in [0.25, 0.3) is 11.4 Å². The lowest BCUT2D eigenvalue weighted by Gasteiger charge is -2.17. The maximum Gasteiger partial charge on any atom is 0.242 e. The van der Waals surface area contributed by atoms with E-state index in [9.17, 15) is 9.18 Å². The van der Waals surface area contributed by atoms with Gasteiger partial charge in [-0.15, -0.1) is 10.2 Å². The first-order valence-electron chi connectivity index (χ1n) is 9.76. The first-order valence-corrected chi connectivity index (χ1v) is 10.6. The van der Waals surface area contributed by atoms with Crippen molar-refractivity contribution in [3.05, 3.63) is 95.8 Å². The number of thioether (sulfide) groups is 1. The minimum absolute atomic E-state index is 0.171. The third kappa shape index (κ3) is 4.67. The summed E-state index contributed by atoms with van der Waals surface area (Å²) < 4.78 is 15.9. The number of anilines is 1. The smallest absolute Gasteiger partial charge is 0.242 e. The normalized spacial score (nSPS) is 11.8. The third-order valence-corrected chi connectivity index (χ3v) is 6.12. The molecule has 1 aromatic heterocycles. The Labute approximate surface area is 184 Å². The van der Waals surface area contributed by atoms with Gasteiger partial charge in [0.25, 0.3) is 0 Å². The Morgan fingerprint density at radius 1 is 0.968 bits per heavy atom. The molecular formula is C24H21FN4OS. The van der Waals surface area contributed by atoms with E-state index in [0.29, 0.717) is 16.5 Å². The van der Waals surface area contributed by atoms with Crippen molar-refractivity contribution in [2.24, 2.45) is 7.05 Å². The van der Waals surface area contributed by atoms with Gasteiger partial charge in [0.05, 0.1) is 5.56 Å². The molecule has 0 spiro atoms. The maximum atomic E-state index is 14.2. The fourth-order valence-corrected chi connectivity index (χ4v) is 4.15. The standard InChI is InChI=1S/C24H21FN4OS/c1-16-12-14-18(15-13-16)26-23(30)21(17-8-4-3-5-9-17)31-24-28-27-22(29(24)2)19-10-6-7-11-20(19)25/h3-15,21H,1-2H3,(H,26,30). The number of hydrogen-bond acceptors (Lipinski definition) is 4. The van der Waals surface area contributed by atoms with E-state index in [1.807, 2.05) is 61.5 Å². The van der Waals surface area contributed by atoms with Crippen LogP contribution in [0.5, 0.6) is 0 Å². The van der Waals surface area contributed by atoms with Crippen LogP contribution in [0.3, 0.4) is 0 Å². The predicted molar refractivity (Wildman–Crippen MR) is 121 cm³/mol. The molecule has 1 unspecified atom stereocenters. The summed E-state index contributed by atoms with van der Waals surface area (Å²) in [6, 6.07) is 23.6. The van der Waals surface area contributed by atoms with Crippen LogP contribution in [-0.2, 0) is 11.8 Å². The zero-order valence-electron chi connectivity index (χ0n) is 17.1. The molecule has 1 amide bonds. The van der Waals surface area contributed by atoms with Crippen molar-refractivity contribution in [3.63, 3.8) is 0 Å². The van der Waals surface area contributed by atoms with Gasteiger partial charge in [0.2, 0.25) is 5.91 Å². The Morgan fingerprint density at radius 3 is 2.35 bits per heavy atom. The highest BCUT2D eigenvalue weighted by Gasteiger charge is 2.25. The first-order chi connectivity index (χ1) is 15.0. The summed E-state index contributed by atoms with van der Waals surface area (Å²) in [5.74, 6) is -0.131. The minimum atomic E-state index is -0.557. The van der Waals surface area contributed by atoms with Gasteiger partial charge in [0.1, 0.15) is 11.1 Å². The molecule has 0 saturated carbocycles. The van der Waals surface area contributed by atoms with Crippen LogP contribution < -0.4 is 5.32 Å². The van der Waals surface area contributed by atoms with Gasteiger partial charge in [-0.1, -0.05) is 71.9 Å². The number of halogens is 1. The van der Waals surface area contributed by atoms with Crippen LogP contribution in [0.2, 0.25) is 0 Å². The number of amides is 1. The number of hydrogen-bond donors (Lipinski definition) is 1. The second-order valence-corrected chi connectivity index (χ2v) is 8.18. The second kappa shape index (κ2) is 9.14. The molecule has 0 fully saturated rings. The Kier molecular flexibility index (Phi) is 6.13. The molecule has 31 heavy (non-hydrogen) atoms. The van der Waals surface area contributed by atoms with Gasteiger partial charge < -0.3 is 9.88 Å². The van der Waals surface area contributed by atoms with E-state index in [1.54, 1.807) is 29.8 Å². The third-order valence-electron chi connectivity index (χ3n) is 4.83. The summed E-state index contributed by atoms with van der Waals surface area (Å²) in [6.07, 6.45) is 0. The molecule has 4 rings (SSSR count). The van der Waals surface area contributed by atoms with Crippen LogP contribution in [0.4, 0.5) is 10.1 Å². The Hall–Kier alpha value is -3.45. The summed E-state index contributed by atoms with van der Waals surface area (Å²) in [5, 5.41) is 11.3. The van der Waals surface area contributed by atoms with E-state index >= 15 is 0 Å². The zero-order valence-corrected chi connectivity index (χ0v) is 17.9. The number of aromatic nitrogens is 3. The molecule has 0 radical (unpaired) electrons. The fraction of sp³-hybridized carbons (Fsp3) is 0.125. The van der Waals surface area contributed by atoms with Crippen LogP contribution in [0.15, 0.2) is 84.0 Å². The quantitative estimate of drug-likeness (QED) is 0.414. The topological polar surface area (TPSA) is 59.8 Å². The lowest BCUT2D eigenvalue weighted by molar-refractivity contribution is -0.115. The number of rotatable bonds is 6. The molecule has 0 aliphatic rings. The number of carbonyl (C=O) groups excluding carboxylic acids is 1. The van der Waals surface area contributed by atoms with Crippen molar-refractivity contribution in [1.82, 2.24) is 14.8 Å². The molecule has 0 saturated heterocycles. The molecule has 7 heteroatoms. The van der Waals surface area contributed by atoms with E-state index in [1.165, 1.54) is 17.8 Å². The summed E-state index contributed by atoms with van der Waals surface area (Å²) >= 11 is 1.28. The van der Waals surface area contributed by atoms with E-state index < -0.39 is 5.25 Å². The van der Waals surface area contributed by atoms with Crippen molar-refractivity contribution < 1.29 is 9.18 Å². The van der Waals surface area contributed by atoms with Gasteiger partial charge in [-0.2, -0.15) is 0 Å². The number of nitrogens with zero attached hydrogens (tertiary/aromatic N) is 3. The van der Waals surface area contributed by atoms with Crippen LogP contribution in [0, 0.1) is 12.7 Å². The average Bonchev–Trinajstić information content (AvgIpc) is 3.14. The molecule has 3 aromatic carbocycles. The van der Waals surface area contributed by atoms with Gasteiger partial charge in [-0.05, 0) is 36.8 Å². The number of benzene rings is 3. The summed E-state index contributed by atoms with van der Waals surface area (Å²) in [5.41, 5.74) is 3.05. The second-order valence-electron chi connectivity index (χ2n) is 7.11. The predicted octanol–water partition coefficient (Wildman–Crippen LogP) is 5.40. The van der Waals surface area contributed by atoms with Crippen molar-refractivity contribution in [3.8, 4) is 11.4 Å². The highest BCUT2D eigenvalue weighted by atomic mass is 32.2. The highest BCUT2D eigenvalue weighted by molar-refractivity contribution is 8.00. The van der Waals surface area contributed by atoms with E-state index in [4.69, 9.17) is 0 Å². The van der Waals surface area contributed by atoms with E-state index in [2.05, 4.69) is 15.5 Å². The van der Waals surface area contributed by atoms with E-state index in [-0.39, 0.29) is 11.7 Å². The molecule has 1 heterocycles. The Morgan fingerprint density at radius 2 is 1.65 bits per heavy atom. The molecular weight excluding hydrogens is 411 g/mol. The molecule has 0 aliphatic heterocycles. The van der Waals surface area contributed by atoms with Crippen molar-refractivity contribution in [2.75, 3.05) is 5.32 Å². The molecule has 0 bridgehead atoms. The van der Waals surface area contributed by atoms with Crippen molar-refractivity contribution in [1.29, 1.82) is 0 Å². The monoisotopic (exact) mass is 432 g/mol. The number of aryl methyl sites for hydroxylation is 1. The van der Waals surface area contributed by atoms with Crippen molar-refractivity contribution in [2.45, 2.75) is 17.3 Å². The highest BCUT2D eigenvalue weighted by Crippen LogP contribution is 2.36. The summed E-state index contributed by atoms with van der Waals surface area (Å²) in [4.78, 5) is 13.2. The van der Waals surface area contributed by atoms with E-state index in [0.717, 1.165) is 16.8 Å². The SMILES string of the molecule is Cc1ccc(NC(=O)C(Sc2nnc(-c3ccccc3F)n2C)c2ccccc2)cc1. The molecule has 5 nitrogen and oxygen atoms in total. The van der Waals surface area contributed by atoms with Gasteiger partial charge in [0, 0.05) is 12.7 Å². The molecule has 1 atom stereocenters. The lowest BCUT2D eigenvalue weighted by Crippen LogP contribution is -2.19. The number of nitrogens with one attached hydrogen (secondary N) is 1. The largest absolute Gasteiger partial charge is 0.325 e. The number of carbonyl (C=O) groups is 1. The van der Waals surface area contributed by atoms with Gasteiger partial charge in [-0.25, -0.2) is 4.39 Å². The van der Waals surface area contributed by atoms with Crippen LogP contribution in [-0.4, -0.2) is 20.7 Å².